The summed E-state index contributed by atoms with van der Waals surface area (Å²) in [6.07, 6.45) is 5.22. The van der Waals surface area contributed by atoms with Gasteiger partial charge in [-0.3, -0.25) is 4.79 Å². The van der Waals surface area contributed by atoms with E-state index in [0.717, 1.165) is 43.5 Å². The second-order valence-corrected chi connectivity index (χ2v) is 7.10. The number of nitrogens with zero attached hydrogens (tertiary/aromatic N) is 5. The summed E-state index contributed by atoms with van der Waals surface area (Å²) in [5.74, 6) is 1.48. The van der Waals surface area contributed by atoms with E-state index in [-0.39, 0.29) is 5.91 Å². The summed E-state index contributed by atoms with van der Waals surface area (Å²) in [5, 5.41) is 2.99. The second-order valence-electron chi connectivity index (χ2n) is 7.10. The Bertz CT molecular complexity index is 970. The van der Waals surface area contributed by atoms with Crippen LogP contribution >= 0.6 is 0 Å². The summed E-state index contributed by atoms with van der Waals surface area (Å²) in [7, 11) is 0. The molecule has 29 heavy (non-hydrogen) atoms. The summed E-state index contributed by atoms with van der Waals surface area (Å²) in [5.41, 5.74) is 2.89. The highest BCUT2D eigenvalue weighted by Gasteiger charge is 2.20. The monoisotopic (exact) mass is 388 g/mol. The number of carbonyl (C=O) groups is 1. The van der Waals surface area contributed by atoms with Gasteiger partial charge in [-0.2, -0.15) is 0 Å². The van der Waals surface area contributed by atoms with Gasteiger partial charge in [-0.15, -0.1) is 0 Å². The van der Waals surface area contributed by atoms with Crippen LogP contribution in [0.3, 0.4) is 0 Å². The number of pyridine rings is 1. The lowest BCUT2D eigenvalue weighted by Gasteiger charge is -2.35. The number of amides is 1. The first-order valence-corrected chi connectivity index (χ1v) is 9.76. The highest BCUT2D eigenvalue weighted by Crippen LogP contribution is 2.17. The highest BCUT2D eigenvalue weighted by atomic mass is 16.1. The smallest absolute Gasteiger partial charge is 0.251 e. The lowest BCUT2D eigenvalue weighted by molar-refractivity contribution is 0.0951. The van der Waals surface area contributed by atoms with Crippen LogP contribution < -0.4 is 15.1 Å². The van der Waals surface area contributed by atoms with Gasteiger partial charge in [-0.25, -0.2) is 15.0 Å². The maximum atomic E-state index is 12.6. The predicted octanol–water partition coefficient (Wildman–Crippen LogP) is 2.44. The van der Waals surface area contributed by atoms with Crippen LogP contribution in [-0.4, -0.2) is 47.0 Å². The molecule has 1 amide bonds. The van der Waals surface area contributed by atoms with Crippen molar-refractivity contribution < 1.29 is 4.79 Å². The van der Waals surface area contributed by atoms with Crippen molar-refractivity contribution in [1.82, 2.24) is 20.3 Å². The van der Waals surface area contributed by atoms with E-state index >= 15 is 0 Å². The second kappa shape index (κ2) is 8.68. The lowest BCUT2D eigenvalue weighted by Crippen LogP contribution is -2.47. The molecule has 1 aliphatic rings. The molecule has 148 valence electrons. The molecule has 1 saturated heterocycles. The zero-order valence-electron chi connectivity index (χ0n) is 16.5. The molecule has 0 unspecified atom stereocenters. The number of aromatic nitrogens is 3. The molecule has 7 heteroatoms. The van der Waals surface area contributed by atoms with Crippen molar-refractivity contribution in [1.29, 1.82) is 0 Å². The fraction of sp³-hybridized carbons (Fsp3) is 0.273. The van der Waals surface area contributed by atoms with Gasteiger partial charge >= 0.3 is 0 Å². The Morgan fingerprint density at radius 2 is 1.69 bits per heavy atom. The largest absolute Gasteiger partial charge is 0.353 e. The van der Waals surface area contributed by atoms with Gasteiger partial charge in [-0.05, 0) is 30.7 Å². The van der Waals surface area contributed by atoms with Crippen molar-refractivity contribution in [3.63, 3.8) is 0 Å². The van der Waals surface area contributed by atoms with Gasteiger partial charge in [0.25, 0.3) is 5.91 Å². The Hall–Kier alpha value is -3.48. The molecule has 7 nitrogen and oxygen atoms in total. The molecule has 0 radical (unpaired) electrons. The first kappa shape index (κ1) is 18.9. The van der Waals surface area contributed by atoms with E-state index < -0.39 is 0 Å². The average molecular weight is 388 g/mol. The number of anilines is 2. The van der Waals surface area contributed by atoms with Crippen LogP contribution in [0.25, 0.3) is 0 Å². The first-order chi connectivity index (χ1) is 14.2. The van der Waals surface area contributed by atoms with Gasteiger partial charge in [0, 0.05) is 56.9 Å². The fourth-order valence-electron chi connectivity index (χ4n) is 3.43. The molecule has 1 N–H and O–H groups in total. The Balaban J connectivity index is 1.37. The lowest BCUT2D eigenvalue weighted by atomic mass is 10.1. The number of nitrogens with one attached hydrogen (secondary N) is 1. The van der Waals surface area contributed by atoms with Crippen LogP contribution in [0.4, 0.5) is 11.8 Å². The molecule has 0 saturated carbocycles. The third-order valence-electron chi connectivity index (χ3n) is 4.98. The molecule has 0 aliphatic carbocycles. The van der Waals surface area contributed by atoms with Gasteiger partial charge in [0.05, 0.1) is 0 Å². The van der Waals surface area contributed by atoms with Gasteiger partial charge in [0.1, 0.15) is 5.82 Å². The fourth-order valence-corrected chi connectivity index (χ4v) is 3.43. The van der Waals surface area contributed by atoms with Gasteiger partial charge in [0.15, 0.2) is 0 Å². The minimum Gasteiger partial charge on any atom is -0.353 e. The number of rotatable bonds is 5. The molecular formula is C22H24N6O. The number of carbonyl (C=O) groups excluding carboxylic acids is 1. The van der Waals surface area contributed by atoms with Crippen LogP contribution in [0.1, 0.15) is 21.5 Å². The molecule has 1 aliphatic heterocycles. The van der Waals surface area contributed by atoms with Gasteiger partial charge in [0.2, 0.25) is 5.95 Å². The first-order valence-electron chi connectivity index (χ1n) is 9.76. The molecule has 0 bridgehead atoms. The van der Waals surface area contributed by atoms with E-state index in [1.807, 2.05) is 37.3 Å². The summed E-state index contributed by atoms with van der Waals surface area (Å²) < 4.78 is 0. The number of benzene rings is 1. The number of piperazine rings is 1. The number of aryl methyl sites for hydroxylation is 1. The van der Waals surface area contributed by atoms with Crippen LogP contribution in [0.15, 0.2) is 61.1 Å². The highest BCUT2D eigenvalue weighted by molar-refractivity contribution is 5.94. The van der Waals surface area contributed by atoms with Crippen molar-refractivity contribution in [2.75, 3.05) is 36.0 Å². The van der Waals surface area contributed by atoms with Crippen LogP contribution in [0.2, 0.25) is 0 Å². The topological polar surface area (TPSA) is 74.2 Å². The van der Waals surface area contributed by atoms with Crippen molar-refractivity contribution >= 4 is 17.7 Å². The number of hydrogen-bond donors (Lipinski definition) is 1. The van der Waals surface area contributed by atoms with E-state index in [0.29, 0.717) is 12.1 Å². The third-order valence-corrected chi connectivity index (χ3v) is 4.98. The van der Waals surface area contributed by atoms with Crippen LogP contribution in [0, 0.1) is 6.92 Å². The summed E-state index contributed by atoms with van der Waals surface area (Å²) in [6, 6.07) is 13.6. The van der Waals surface area contributed by atoms with E-state index in [9.17, 15) is 4.79 Å². The van der Waals surface area contributed by atoms with E-state index in [4.69, 9.17) is 0 Å². The standard InChI is InChI=1S/C22H24N6O/c1-17-4-2-5-18(14-17)16-26-21(29)19-6-9-23-20(15-19)27-10-12-28(13-11-27)22-24-7-3-8-25-22/h2-9,14-15H,10-13,16H2,1H3,(H,26,29). The van der Waals surface area contributed by atoms with Crippen molar-refractivity contribution in [2.24, 2.45) is 0 Å². The average Bonchev–Trinajstić information content (AvgIpc) is 2.78. The molecule has 1 aromatic carbocycles. The summed E-state index contributed by atoms with van der Waals surface area (Å²) >= 11 is 0. The molecule has 2 aromatic heterocycles. The van der Waals surface area contributed by atoms with E-state index in [1.54, 1.807) is 24.7 Å². The van der Waals surface area contributed by atoms with Crippen molar-refractivity contribution in [3.05, 3.63) is 77.7 Å². The molecule has 3 aromatic rings. The molecule has 3 heterocycles. The maximum Gasteiger partial charge on any atom is 0.251 e. The summed E-state index contributed by atoms with van der Waals surface area (Å²) in [6.45, 7) is 5.79. The van der Waals surface area contributed by atoms with Gasteiger partial charge in [-0.1, -0.05) is 29.8 Å². The minimum atomic E-state index is -0.0912. The predicted molar refractivity (Wildman–Crippen MR) is 113 cm³/mol. The Morgan fingerprint density at radius 1 is 0.931 bits per heavy atom. The Kier molecular flexibility index (Phi) is 5.65. The van der Waals surface area contributed by atoms with Crippen molar-refractivity contribution in [3.8, 4) is 0 Å². The van der Waals surface area contributed by atoms with Crippen LogP contribution in [0.5, 0.6) is 0 Å². The molecule has 0 spiro atoms. The molecule has 4 rings (SSSR count). The normalized spacial score (nSPS) is 14.0. The van der Waals surface area contributed by atoms with Gasteiger partial charge < -0.3 is 15.1 Å². The zero-order valence-corrected chi connectivity index (χ0v) is 16.5. The Morgan fingerprint density at radius 3 is 2.45 bits per heavy atom. The quantitative estimate of drug-likeness (QED) is 0.724. The number of hydrogen-bond acceptors (Lipinski definition) is 6. The minimum absolute atomic E-state index is 0.0912. The SMILES string of the molecule is Cc1cccc(CNC(=O)c2ccnc(N3CCN(c4ncccn4)CC3)c2)c1. The molecule has 0 atom stereocenters. The Labute approximate surface area is 170 Å². The van der Waals surface area contributed by atoms with E-state index in [1.165, 1.54) is 5.56 Å². The van der Waals surface area contributed by atoms with Crippen LogP contribution in [-0.2, 0) is 6.54 Å². The molecular weight excluding hydrogens is 364 g/mol. The zero-order chi connectivity index (χ0) is 20.1. The third kappa shape index (κ3) is 4.68. The maximum absolute atomic E-state index is 12.6. The summed E-state index contributed by atoms with van der Waals surface area (Å²) in [4.78, 5) is 30.0. The van der Waals surface area contributed by atoms with E-state index in [2.05, 4.69) is 36.1 Å². The van der Waals surface area contributed by atoms with Crippen molar-refractivity contribution in [2.45, 2.75) is 13.5 Å². The molecule has 1 fully saturated rings.